The van der Waals surface area contributed by atoms with Crippen LogP contribution >= 0.6 is 0 Å². The first-order chi connectivity index (χ1) is 18.0. The smallest absolute Gasteiger partial charge is 0.127 e. The van der Waals surface area contributed by atoms with Crippen molar-refractivity contribution in [2.24, 2.45) is 9.98 Å². The molecule has 2 atom stereocenters. The minimum absolute atomic E-state index is 0.160. The largest absolute Gasteiger partial charge is 0.507 e. The number of rotatable bonds is 6. The van der Waals surface area contributed by atoms with Gasteiger partial charge >= 0.3 is 0 Å². The van der Waals surface area contributed by atoms with Gasteiger partial charge in [0.15, 0.2) is 0 Å². The monoisotopic (exact) mass is 488 g/mol. The molecule has 0 aromatic heterocycles. The van der Waals surface area contributed by atoms with Crippen LogP contribution in [0.15, 0.2) is 94.9 Å². The van der Waals surface area contributed by atoms with E-state index >= 15 is 0 Å². The predicted octanol–water partition coefficient (Wildman–Crippen LogP) is 7.51. The van der Waals surface area contributed by atoms with Gasteiger partial charge in [-0.2, -0.15) is 0 Å². The standard InChI is InChI=1S/C33H32N2O2/c1-22-15-26(24-9-5-3-6-10-24)17-28(32(22)36)20-34-30-13-14-31(19-30)35-21-29-18-27(16-23(2)33(29)37)25-11-7-4-8-12-25/h3-12,15-18,20-21,30-31,36-37H,13-14,19H2,1-2H3. The molecule has 5 rings (SSSR count). The van der Waals surface area contributed by atoms with E-state index in [4.69, 9.17) is 9.98 Å². The van der Waals surface area contributed by atoms with E-state index in [1.165, 1.54) is 0 Å². The van der Waals surface area contributed by atoms with Crippen LogP contribution in [-0.4, -0.2) is 34.7 Å². The molecule has 4 heteroatoms. The van der Waals surface area contributed by atoms with Crippen LogP contribution in [0.1, 0.15) is 41.5 Å². The fourth-order valence-corrected chi connectivity index (χ4v) is 4.98. The lowest BCUT2D eigenvalue weighted by Gasteiger charge is -2.10. The lowest BCUT2D eigenvalue weighted by molar-refractivity contribution is 0.470. The number of phenols is 2. The summed E-state index contributed by atoms with van der Waals surface area (Å²) in [5.74, 6) is 0.556. The van der Waals surface area contributed by atoms with Crippen LogP contribution < -0.4 is 0 Å². The van der Waals surface area contributed by atoms with Crippen molar-refractivity contribution in [3.63, 3.8) is 0 Å². The van der Waals surface area contributed by atoms with Crippen molar-refractivity contribution in [2.75, 3.05) is 0 Å². The van der Waals surface area contributed by atoms with Gasteiger partial charge in [0.25, 0.3) is 0 Å². The predicted molar refractivity (Wildman–Crippen MR) is 153 cm³/mol. The zero-order valence-electron chi connectivity index (χ0n) is 21.3. The van der Waals surface area contributed by atoms with Crippen LogP contribution in [-0.2, 0) is 0 Å². The Bertz CT molecular complexity index is 1330. The molecule has 1 fully saturated rings. The summed E-state index contributed by atoms with van der Waals surface area (Å²) in [6.07, 6.45) is 6.37. The summed E-state index contributed by atoms with van der Waals surface area (Å²) in [4.78, 5) is 9.63. The number of aryl methyl sites for hydroxylation is 2. The van der Waals surface area contributed by atoms with Crippen molar-refractivity contribution < 1.29 is 10.2 Å². The molecule has 2 unspecified atom stereocenters. The van der Waals surface area contributed by atoms with Crippen LogP contribution in [0, 0.1) is 13.8 Å². The molecule has 37 heavy (non-hydrogen) atoms. The maximum Gasteiger partial charge on any atom is 0.127 e. The van der Waals surface area contributed by atoms with Crippen LogP contribution in [0.4, 0.5) is 0 Å². The van der Waals surface area contributed by atoms with Crippen molar-refractivity contribution in [3.05, 3.63) is 107 Å². The highest BCUT2D eigenvalue weighted by atomic mass is 16.3. The number of aliphatic imine (C=N–C) groups is 2. The number of benzene rings is 4. The molecule has 1 aliphatic carbocycles. The third-order valence-electron chi connectivity index (χ3n) is 7.10. The molecular weight excluding hydrogens is 456 g/mol. The molecule has 0 heterocycles. The highest BCUT2D eigenvalue weighted by molar-refractivity contribution is 5.88. The summed E-state index contributed by atoms with van der Waals surface area (Å²) in [7, 11) is 0. The van der Waals surface area contributed by atoms with E-state index in [0.29, 0.717) is 0 Å². The highest BCUT2D eigenvalue weighted by Gasteiger charge is 2.23. The van der Waals surface area contributed by atoms with Crippen LogP contribution in [0.2, 0.25) is 0 Å². The summed E-state index contributed by atoms with van der Waals surface area (Å²) in [6.45, 7) is 3.84. The molecule has 4 nitrogen and oxygen atoms in total. The zero-order valence-corrected chi connectivity index (χ0v) is 21.3. The van der Waals surface area contributed by atoms with E-state index in [9.17, 15) is 10.2 Å². The van der Waals surface area contributed by atoms with E-state index in [1.54, 1.807) is 0 Å². The molecule has 0 saturated heterocycles. The Morgan fingerprint density at radius 3 is 1.41 bits per heavy atom. The van der Waals surface area contributed by atoms with Crippen LogP contribution in [0.5, 0.6) is 11.5 Å². The fourth-order valence-electron chi connectivity index (χ4n) is 4.98. The van der Waals surface area contributed by atoms with Crippen LogP contribution in [0.25, 0.3) is 22.3 Å². The number of aromatic hydroxyl groups is 2. The Morgan fingerprint density at radius 1 is 0.595 bits per heavy atom. The molecule has 1 aliphatic rings. The Labute approximate surface area is 218 Å². The van der Waals surface area contributed by atoms with Gasteiger partial charge in [-0.3, -0.25) is 9.98 Å². The van der Waals surface area contributed by atoms with Crippen LogP contribution in [0.3, 0.4) is 0 Å². The summed E-state index contributed by atoms with van der Waals surface area (Å²) in [6, 6.07) is 28.7. The van der Waals surface area contributed by atoms with E-state index in [1.807, 2.05) is 86.9 Å². The van der Waals surface area contributed by atoms with Gasteiger partial charge in [0.05, 0.1) is 12.1 Å². The molecule has 4 aromatic rings. The van der Waals surface area contributed by atoms with Gasteiger partial charge in [0.2, 0.25) is 0 Å². The van der Waals surface area contributed by atoms with Gasteiger partial charge in [0.1, 0.15) is 11.5 Å². The van der Waals surface area contributed by atoms with Gasteiger partial charge in [-0.15, -0.1) is 0 Å². The Morgan fingerprint density at radius 2 is 1.00 bits per heavy atom. The van der Waals surface area contributed by atoms with E-state index in [-0.39, 0.29) is 23.6 Å². The maximum absolute atomic E-state index is 10.6. The second kappa shape index (κ2) is 10.8. The maximum atomic E-state index is 10.6. The SMILES string of the molecule is Cc1cc(-c2ccccc2)cc(C=NC2CCC(N=Cc3cc(-c4ccccc4)cc(C)c3O)C2)c1O. The highest BCUT2D eigenvalue weighted by Crippen LogP contribution is 2.31. The molecule has 0 aliphatic heterocycles. The van der Waals surface area contributed by atoms with Crippen molar-refractivity contribution in [3.8, 4) is 33.8 Å². The van der Waals surface area contributed by atoms with E-state index < -0.39 is 0 Å². The zero-order chi connectivity index (χ0) is 25.8. The lowest BCUT2D eigenvalue weighted by atomic mass is 9.99. The molecule has 0 spiro atoms. The first kappa shape index (κ1) is 24.5. The number of hydrogen-bond acceptors (Lipinski definition) is 4. The molecule has 1 saturated carbocycles. The van der Waals surface area contributed by atoms with Crippen molar-refractivity contribution in [1.29, 1.82) is 0 Å². The molecular formula is C33H32N2O2. The first-order valence-corrected chi connectivity index (χ1v) is 12.8. The summed E-state index contributed by atoms with van der Waals surface area (Å²) < 4.78 is 0. The summed E-state index contributed by atoms with van der Waals surface area (Å²) in [5.41, 5.74) is 7.52. The number of nitrogens with zero attached hydrogens (tertiary/aromatic N) is 2. The summed E-state index contributed by atoms with van der Waals surface area (Å²) >= 11 is 0. The molecule has 0 bridgehead atoms. The number of hydrogen-bond donors (Lipinski definition) is 2. The van der Waals surface area contributed by atoms with Gasteiger partial charge in [-0.1, -0.05) is 60.7 Å². The quantitative estimate of drug-likeness (QED) is 0.276. The molecule has 186 valence electrons. The van der Waals surface area contributed by atoms with E-state index in [2.05, 4.69) is 24.3 Å². The van der Waals surface area contributed by atoms with Crippen molar-refractivity contribution in [2.45, 2.75) is 45.2 Å². The average molecular weight is 489 g/mol. The topological polar surface area (TPSA) is 65.2 Å². The van der Waals surface area contributed by atoms with E-state index in [0.717, 1.165) is 63.8 Å². The van der Waals surface area contributed by atoms with Gasteiger partial charge < -0.3 is 10.2 Å². The summed E-state index contributed by atoms with van der Waals surface area (Å²) in [5, 5.41) is 21.2. The second-order valence-electron chi connectivity index (χ2n) is 9.87. The lowest BCUT2D eigenvalue weighted by Crippen LogP contribution is -2.03. The number of phenolic OH excluding ortho intramolecular Hbond substituents is 2. The molecule has 0 radical (unpaired) electrons. The Balaban J connectivity index is 1.29. The van der Waals surface area contributed by atoms with Crippen molar-refractivity contribution >= 4 is 12.4 Å². The first-order valence-electron chi connectivity index (χ1n) is 12.8. The second-order valence-corrected chi connectivity index (χ2v) is 9.87. The molecule has 2 N–H and O–H groups in total. The van der Waals surface area contributed by atoms with Crippen molar-refractivity contribution in [1.82, 2.24) is 0 Å². The van der Waals surface area contributed by atoms with Gasteiger partial charge in [-0.25, -0.2) is 0 Å². The third kappa shape index (κ3) is 5.64. The minimum Gasteiger partial charge on any atom is -0.507 e. The molecule has 4 aromatic carbocycles. The molecule has 0 amide bonds. The average Bonchev–Trinajstić information content (AvgIpc) is 3.39. The Hall–Kier alpha value is -4.18. The normalized spacial score (nSPS) is 17.7. The van der Waals surface area contributed by atoms with Gasteiger partial charge in [-0.05, 0) is 90.8 Å². The third-order valence-corrected chi connectivity index (χ3v) is 7.10. The Kier molecular flexibility index (Phi) is 7.18. The fraction of sp³-hybridized carbons (Fsp3) is 0.212. The minimum atomic E-state index is 0.160. The van der Waals surface area contributed by atoms with Gasteiger partial charge in [0, 0.05) is 23.6 Å².